The van der Waals surface area contributed by atoms with Crippen LogP contribution in [0, 0.1) is 0 Å². The Kier molecular flexibility index (Phi) is 6.98. The Bertz CT molecular complexity index is 435. The highest BCUT2D eigenvalue weighted by Crippen LogP contribution is 2.37. The van der Waals surface area contributed by atoms with Crippen molar-refractivity contribution in [2.75, 3.05) is 13.2 Å². The molecule has 0 fully saturated rings. The third kappa shape index (κ3) is 5.93. The molecule has 0 aromatic heterocycles. The van der Waals surface area contributed by atoms with Crippen molar-refractivity contribution in [2.45, 2.75) is 45.5 Å². The van der Waals surface area contributed by atoms with Crippen molar-refractivity contribution in [2.24, 2.45) is 0 Å². The van der Waals surface area contributed by atoms with Gasteiger partial charge in [-0.25, -0.2) is 0 Å². The standard InChI is InChI=1S/C15H22F3NO2/c1-3-7-19-9-11-5-6-14(21-10-12(20)4-2)13(8-11)15(16,17)18/h5-6,8,12,19-20H,3-4,7,9-10H2,1-2H3. The van der Waals surface area contributed by atoms with E-state index in [4.69, 9.17) is 4.74 Å². The number of hydrogen-bond donors (Lipinski definition) is 2. The molecule has 6 heteroatoms. The second kappa shape index (κ2) is 8.24. The van der Waals surface area contributed by atoms with Crippen LogP contribution < -0.4 is 10.1 Å². The van der Waals surface area contributed by atoms with Crippen molar-refractivity contribution in [1.29, 1.82) is 0 Å². The molecule has 0 saturated carbocycles. The number of alkyl halides is 3. The Morgan fingerprint density at radius 3 is 2.57 bits per heavy atom. The van der Waals surface area contributed by atoms with Crippen LogP contribution in [-0.4, -0.2) is 24.4 Å². The first-order chi connectivity index (χ1) is 9.88. The molecule has 3 nitrogen and oxygen atoms in total. The minimum atomic E-state index is -4.48. The Morgan fingerprint density at radius 1 is 1.29 bits per heavy atom. The maximum absolute atomic E-state index is 13.1. The van der Waals surface area contributed by atoms with Crippen molar-refractivity contribution in [1.82, 2.24) is 5.32 Å². The zero-order valence-corrected chi connectivity index (χ0v) is 12.3. The van der Waals surface area contributed by atoms with Crippen LogP contribution in [-0.2, 0) is 12.7 Å². The van der Waals surface area contributed by atoms with Crippen molar-refractivity contribution < 1.29 is 23.0 Å². The minimum absolute atomic E-state index is 0.146. The average molecular weight is 305 g/mol. The van der Waals surface area contributed by atoms with Crippen LogP contribution in [0.1, 0.15) is 37.8 Å². The summed E-state index contributed by atoms with van der Waals surface area (Å²) in [6.45, 7) is 4.72. The molecule has 0 saturated heterocycles. The van der Waals surface area contributed by atoms with Crippen molar-refractivity contribution in [3.8, 4) is 5.75 Å². The second-order valence-electron chi connectivity index (χ2n) is 4.88. The Morgan fingerprint density at radius 2 is 2.00 bits per heavy atom. The molecule has 21 heavy (non-hydrogen) atoms. The third-order valence-electron chi connectivity index (χ3n) is 3.01. The lowest BCUT2D eigenvalue weighted by molar-refractivity contribution is -0.139. The van der Waals surface area contributed by atoms with Crippen LogP contribution in [0.4, 0.5) is 13.2 Å². The zero-order valence-electron chi connectivity index (χ0n) is 12.3. The van der Waals surface area contributed by atoms with E-state index in [0.717, 1.165) is 19.0 Å². The summed E-state index contributed by atoms with van der Waals surface area (Å²) in [5.41, 5.74) is -0.249. The minimum Gasteiger partial charge on any atom is -0.490 e. The van der Waals surface area contributed by atoms with Crippen molar-refractivity contribution >= 4 is 0 Å². The number of hydrogen-bond acceptors (Lipinski definition) is 3. The molecule has 0 aliphatic heterocycles. The summed E-state index contributed by atoms with van der Waals surface area (Å²) in [7, 11) is 0. The molecular formula is C15H22F3NO2. The van der Waals surface area contributed by atoms with Crippen molar-refractivity contribution in [3.05, 3.63) is 29.3 Å². The van der Waals surface area contributed by atoms with E-state index in [1.165, 1.54) is 6.07 Å². The Balaban J connectivity index is 2.87. The van der Waals surface area contributed by atoms with Gasteiger partial charge in [0.1, 0.15) is 12.4 Å². The summed E-state index contributed by atoms with van der Waals surface area (Å²) in [4.78, 5) is 0. The van der Waals surface area contributed by atoms with Gasteiger partial charge in [-0.3, -0.25) is 0 Å². The molecule has 0 spiro atoms. The quantitative estimate of drug-likeness (QED) is 0.724. The molecule has 0 heterocycles. The van der Waals surface area contributed by atoms with E-state index in [9.17, 15) is 18.3 Å². The number of benzene rings is 1. The van der Waals surface area contributed by atoms with Gasteiger partial charge in [0.25, 0.3) is 0 Å². The van der Waals surface area contributed by atoms with Gasteiger partial charge < -0.3 is 15.2 Å². The van der Waals surface area contributed by atoms with E-state index in [2.05, 4.69) is 5.32 Å². The van der Waals surface area contributed by atoms with Gasteiger partial charge in [0.15, 0.2) is 0 Å². The maximum Gasteiger partial charge on any atom is 0.419 e. The molecule has 0 bridgehead atoms. The largest absolute Gasteiger partial charge is 0.490 e. The molecule has 0 amide bonds. The van der Waals surface area contributed by atoms with Crippen molar-refractivity contribution in [3.63, 3.8) is 0 Å². The Labute approximate surface area is 123 Å². The van der Waals surface area contributed by atoms with Crippen LogP contribution in [0.2, 0.25) is 0 Å². The highest BCUT2D eigenvalue weighted by atomic mass is 19.4. The summed E-state index contributed by atoms with van der Waals surface area (Å²) in [6.07, 6.45) is -3.90. The fourth-order valence-corrected chi connectivity index (χ4v) is 1.75. The molecule has 1 rings (SSSR count). The maximum atomic E-state index is 13.1. The van der Waals surface area contributed by atoms with E-state index >= 15 is 0 Å². The number of ether oxygens (including phenoxy) is 1. The summed E-state index contributed by atoms with van der Waals surface area (Å²) < 4.78 is 44.3. The van der Waals surface area contributed by atoms with Gasteiger partial charge >= 0.3 is 6.18 Å². The summed E-state index contributed by atoms with van der Waals surface area (Å²) in [5.74, 6) is -0.241. The molecule has 1 unspecified atom stereocenters. The van der Waals surface area contributed by atoms with Gasteiger partial charge in [-0.15, -0.1) is 0 Å². The van der Waals surface area contributed by atoms with Gasteiger partial charge in [0.05, 0.1) is 11.7 Å². The van der Waals surface area contributed by atoms with Gasteiger partial charge in [-0.2, -0.15) is 13.2 Å². The molecule has 0 aliphatic rings. The average Bonchev–Trinajstić information content (AvgIpc) is 2.44. The van der Waals surface area contributed by atoms with Crippen LogP contribution in [0.25, 0.3) is 0 Å². The Hall–Kier alpha value is -1.27. The first-order valence-corrected chi connectivity index (χ1v) is 7.10. The number of nitrogens with one attached hydrogen (secondary N) is 1. The number of halogens is 3. The number of aliphatic hydroxyl groups excluding tert-OH is 1. The highest BCUT2D eigenvalue weighted by Gasteiger charge is 2.34. The summed E-state index contributed by atoms with van der Waals surface area (Å²) in [6, 6.07) is 4.01. The number of rotatable bonds is 8. The van der Waals surface area contributed by atoms with Crippen LogP contribution in [0.3, 0.4) is 0 Å². The van der Waals surface area contributed by atoms with E-state index < -0.39 is 17.8 Å². The highest BCUT2D eigenvalue weighted by molar-refractivity contribution is 5.39. The molecule has 2 N–H and O–H groups in total. The summed E-state index contributed by atoms with van der Waals surface area (Å²) in [5, 5.41) is 12.5. The fourth-order valence-electron chi connectivity index (χ4n) is 1.75. The smallest absolute Gasteiger partial charge is 0.419 e. The molecule has 120 valence electrons. The predicted molar refractivity (Wildman–Crippen MR) is 75.2 cm³/mol. The zero-order chi connectivity index (χ0) is 15.9. The summed E-state index contributed by atoms with van der Waals surface area (Å²) >= 11 is 0. The molecule has 0 aliphatic carbocycles. The first kappa shape index (κ1) is 17.8. The fraction of sp³-hybridized carbons (Fsp3) is 0.600. The molecule has 1 aromatic carbocycles. The van der Waals surface area contributed by atoms with E-state index in [1.54, 1.807) is 13.0 Å². The normalized spacial score (nSPS) is 13.2. The molecule has 1 atom stereocenters. The number of aliphatic hydroxyl groups is 1. The van der Waals surface area contributed by atoms with Gasteiger partial charge in [-0.05, 0) is 37.1 Å². The van der Waals surface area contributed by atoms with Crippen LogP contribution in [0.5, 0.6) is 5.75 Å². The topological polar surface area (TPSA) is 41.5 Å². The van der Waals surface area contributed by atoms with Crippen LogP contribution >= 0.6 is 0 Å². The van der Waals surface area contributed by atoms with E-state index in [0.29, 0.717) is 18.5 Å². The van der Waals surface area contributed by atoms with E-state index in [-0.39, 0.29) is 12.4 Å². The SMILES string of the molecule is CCCNCc1ccc(OCC(O)CC)c(C(F)(F)F)c1. The first-order valence-electron chi connectivity index (χ1n) is 7.10. The van der Waals surface area contributed by atoms with Gasteiger partial charge in [-0.1, -0.05) is 19.9 Å². The van der Waals surface area contributed by atoms with Gasteiger partial charge in [0, 0.05) is 6.54 Å². The van der Waals surface area contributed by atoms with E-state index in [1.807, 2.05) is 6.92 Å². The second-order valence-corrected chi connectivity index (χ2v) is 4.88. The monoisotopic (exact) mass is 305 g/mol. The third-order valence-corrected chi connectivity index (χ3v) is 3.01. The van der Waals surface area contributed by atoms with Gasteiger partial charge in [0.2, 0.25) is 0 Å². The molecular weight excluding hydrogens is 283 g/mol. The lowest BCUT2D eigenvalue weighted by atomic mass is 10.1. The lowest BCUT2D eigenvalue weighted by Gasteiger charge is -2.17. The lowest BCUT2D eigenvalue weighted by Crippen LogP contribution is -2.19. The molecule has 0 radical (unpaired) electrons. The molecule has 1 aromatic rings. The van der Waals surface area contributed by atoms with Crippen LogP contribution in [0.15, 0.2) is 18.2 Å². The predicted octanol–water partition coefficient (Wildman–Crippen LogP) is 3.35.